The zero-order chi connectivity index (χ0) is 46.6. The highest BCUT2D eigenvalue weighted by molar-refractivity contribution is 6.76. The van der Waals surface area contributed by atoms with Gasteiger partial charge in [0.2, 0.25) is 7.59 Å². The van der Waals surface area contributed by atoms with Crippen LogP contribution in [0.2, 0.25) is 0 Å². The topological polar surface area (TPSA) is 9.23 Å². The molecule has 0 aliphatic heterocycles. The minimum atomic E-state index is -1.78. The summed E-state index contributed by atoms with van der Waals surface area (Å²) in [5.41, 5.74) is 6.25. The summed E-state index contributed by atoms with van der Waals surface area (Å²) in [6.07, 6.45) is 9.21. The van der Waals surface area contributed by atoms with E-state index in [1.165, 1.54) is 11.1 Å². The first-order valence-corrected chi connectivity index (χ1v) is 25.8. The van der Waals surface area contributed by atoms with Gasteiger partial charge in [-0.1, -0.05) is 324 Å². The van der Waals surface area contributed by atoms with Gasteiger partial charge >= 0.3 is 0 Å². The summed E-state index contributed by atoms with van der Waals surface area (Å²) in [6.45, 7) is 0. The van der Waals surface area contributed by atoms with Crippen molar-refractivity contribution in [1.29, 1.82) is 0 Å². The standard InChI is InChI=1S/C54H52Cl10O/c55-49(56,53(59,60)61)39-23-3-1-9-25-41-27-19-21-37-47(41)51(43-29-11-5-12-30-43,44-31-13-6-14-32-44)65-52(45-33-15-7-16-34-45,46-35-17-8-18-36-46)48-38-22-20-28-42(48)26-10-2-4-24-40-50(57,58)54(62,63)64/h5-8,11-22,27-38H,1-4,9-10,23-26,39-40H2. The molecule has 65 heavy (non-hydrogen) atoms. The van der Waals surface area contributed by atoms with E-state index in [-0.39, 0.29) is 0 Å². The maximum absolute atomic E-state index is 8.52. The number of hydrogen-bond acceptors (Lipinski definition) is 1. The van der Waals surface area contributed by atoms with Crippen molar-refractivity contribution in [2.24, 2.45) is 0 Å². The molecule has 6 aromatic carbocycles. The van der Waals surface area contributed by atoms with E-state index < -0.39 is 27.5 Å². The normalized spacial score (nSPS) is 13.0. The van der Waals surface area contributed by atoms with Gasteiger partial charge in [0.1, 0.15) is 11.2 Å². The Balaban J connectivity index is 1.48. The highest BCUT2D eigenvalue weighted by Crippen LogP contribution is 2.54. The Bertz CT molecular complexity index is 2100. The molecule has 0 spiro atoms. The summed E-state index contributed by atoms with van der Waals surface area (Å²) < 4.78 is 2.03. The molecule has 0 aliphatic rings. The predicted molar refractivity (Wildman–Crippen MR) is 283 cm³/mol. The van der Waals surface area contributed by atoms with Crippen molar-refractivity contribution in [3.8, 4) is 0 Å². The zero-order valence-electron chi connectivity index (χ0n) is 35.8. The lowest BCUT2D eigenvalue weighted by molar-refractivity contribution is -0.0818. The molecule has 6 rings (SSSR count). The molecule has 0 N–H and O–H groups in total. The Morgan fingerprint density at radius 2 is 0.554 bits per heavy atom. The molecule has 0 unspecified atom stereocenters. The summed E-state index contributed by atoms with van der Waals surface area (Å²) in [5.74, 6) is 0. The van der Waals surface area contributed by atoms with E-state index in [1.807, 2.05) is 0 Å². The summed E-state index contributed by atoms with van der Waals surface area (Å²) >= 11 is 62.1. The van der Waals surface area contributed by atoms with Crippen LogP contribution in [0.3, 0.4) is 0 Å². The largest absolute Gasteiger partial charge is 0.340 e. The van der Waals surface area contributed by atoms with Gasteiger partial charge in [-0.25, -0.2) is 0 Å². The Morgan fingerprint density at radius 1 is 0.292 bits per heavy atom. The van der Waals surface area contributed by atoms with Gasteiger partial charge in [0.25, 0.3) is 0 Å². The molecule has 0 saturated heterocycles. The molecule has 0 aromatic heterocycles. The molecular formula is C54H52Cl10O. The van der Waals surface area contributed by atoms with Gasteiger partial charge in [-0.3, -0.25) is 0 Å². The molecule has 0 saturated carbocycles. The molecule has 6 aromatic rings. The van der Waals surface area contributed by atoms with Crippen LogP contribution in [0.4, 0.5) is 0 Å². The van der Waals surface area contributed by atoms with Crippen molar-refractivity contribution < 1.29 is 4.74 Å². The second-order valence-electron chi connectivity index (χ2n) is 16.5. The first-order chi connectivity index (χ1) is 31.0. The van der Waals surface area contributed by atoms with E-state index in [9.17, 15) is 0 Å². The third kappa shape index (κ3) is 12.9. The van der Waals surface area contributed by atoms with Crippen LogP contribution in [0, 0.1) is 0 Å². The van der Waals surface area contributed by atoms with Crippen molar-refractivity contribution >= 4 is 116 Å². The van der Waals surface area contributed by atoms with Crippen LogP contribution >= 0.6 is 116 Å². The number of aryl methyl sites for hydroxylation is 2. The molecule has 344 valence electrons. The van der Waals surface area contributed by atoms with Crippen LogP contribution in [0.1, 0.15) is 109 Å². The lowest BCUT2D eigenvalue weighted by atomic mass is 9.73. The minimum Gasteiger partial charge on any atom is -0.340 e. The van der Waals surface area contributed by atoms with Gasteiger partial charge in [0.05, 0.1) is 0 Å². The smallest absolute Gasteiger partial charge is 0.223 e. The fraction of sp³-hybridized carbons (Fsp3) is 0.333. The van der Waals surface area contributed by atoms with Crippen LogP contribution in [0.25, 0.3) is 0 Å². The maximum atomic E-state index is 8.52. The van der Waals surface area contributed by atoms with Crippen molar-refractivity contribution in [3.05, 3.63) is 214 Å². The highest BCUT2D eigenvalue weighted by atomic mass is 35.6. The average molecular weight is 1070 g/mol. The fourth-order valence-corrected chi connectivity index (χ4v) is 9.80. The van der Waals surface area contributed by atoms with Gasteiger partial charge < -0.3 is 4.74 Å². The summed E-state index contributed by atoms with van der Waals surface area (Å²) in [7, 11) is 0. The first kappa shape index (κ1) is 52.5. The van der Waals surface area contributed by atoms with E-state index >= 15 is 0 Å². The number of rotatable bonds is 22. The second kappa shape index (κ2) is 23.7. The van der Waals surface area contributed by atoms with Crippen molar-refractivity contribution in [1.82, 2.24) is 0 Å². The molecule has 0 bridgehead atoms. The molecule has 0 aliphatic carbocycles. The molecule has 0 amide bonds. The Labute approximate surface area is 435 Å². The number of alkyl halides is 10. The van der Waals surface area contributed by atoms with E-state index in [0.717, 1.165) is 97.6 Å². The molecule has 0 heterocycles. The Kier molecular flexibility index (Phi) is 19.1. The van der Waals surface area contributed by atoms with Crippen LogP contribution < -0.4 is 0 Å². The number of benzene rings is 6. The molecular weight excluding hydrogens is 1020 g/mol. The van der Waals surface area contributed by atoms with Gasteiger partial charge in [0.15, 0.2) is 8.67 Å². The number of halogens is 10. The molecule has 0 fully saturated rings. The highest BCUT2D eigenvalue weighted by Gasteiger charge is 2.50. The molecule has 0 atom stereocenters. The van der Waals surface area contributed by atoms with Crippen LogP contribution in [0.15, 0.2) is 170 Å². The lowest BCUT2D eigenvalue weighted by Crippen LogP contribution is -2.45. The minimum absolute atomic E-state index is 0.367. The van der Waals surface area contributed by atoms with E-state index in [2.05, 4.69) is 170 Å². The molecule has 1 nitrogen and oxygen atoms in total. The lowest BCUT2D eigenvalue weighted by Gasteiger charge is -2.47. The van der Waals surface area contributed by atoms with E-state index in [1.54, 1.807) is 0 Å². The van der Waals surface area contributed by atoms with Crippen LogP contribution in [-0.2, 0) is 28.8 Å². The van der Waals surface area contributed by atoms with E-state index in [4.69, 9.17) is 121 Å². The van der Waals surface area contributed by atoms with Gasteiger partial charge in [0, 0.05) is 0 Å². The molecule has 11 heteroatoms. The van der Waals surface area contributed by atoms with Crippen molar-refractivity contribution in [2.75, 3.05) is 0 Å². The van der Waals surface area contributed by atoms with Crippen molar-refractivity contribution in [2.45, 2.75) is 105 Å². The third-order valence-corrected chi connectivity index (χ3v) is 17.0. The summed E-state index contributed by atoms with van der Waals surface area (Å²) in [5, 5.41) is 0. The Hall–Kier alpha value is -1.82. The summed E-state index contributed by atoms with van der Waals surface area (Å²) in [6, 6.07) is 59.9. The average Bonchev–Trinajstić information content (AvgIpc) is 3.30. The number of hydrogen-bond donors (Lipinski definition) is 0. The second-order valence-corrected chi connectivity index (χ2v) is 24.0. The first-order valence-electron chi connectivity index (χ1n) is 22.0. The quantitative estimate of drug-likeness (QED) is 0.0374. The summed E-state index contributed by atoms with van der Waals surface area (Å²) in [4.78, 5) is 0. The van der Waals surface area contributed by atoms with Crippen LogP contribution in [0.5, 0.6) is 0 Å². The Morgan fingerprint density at radius 3 is 0.846 bits per heavy atom. The van der Waals surface area contributed by atoms with E-state index in [0.29, 0.717) is 12.8 Å². The van der Waals surface area contributed by atoms with Gasteiger partial charge in [-0.2, -0.15) is 0 Å². The fourth-order valence-electron chi connectivity index (χ4n) is 8.70. The SMILES string of the molecule is ClC(Cl)(Cl)C(Cl)(Cl)CCCCCCc1ccccc1C(OC(c1ccccc1)(c1ccccc1)c1ccccc1CCCCCCC(Cl)(Cl)C(Cl)(Cl)Cl)(c1ccccc1)c1ccccc1. The van der Waals surface area contributed by atoms with Crippen LogP contribution in [-0.4, -0.2) is 16.3 Å². The number of unbranched alkanes of at least 4 members (excludes halogenated alkanes) is 6. The number of ether oxygens (including phenoxy) is 1. The van der Waals surface area contributed by atoms with Gasteiger partial charge in [-0.05, 0) is 83.0 Å². The predicted octanol–water partition coefficient (Wildman–Crippen LogP) is 19.1. The zero-order valence-corrected chi connectivity index (χ0v) is 43.4. The van der Waals surface area contributed by atoms with Gasteiger partial charge in [-0.15, -0.1) is 0 Å². The monoisotopic (exact) mass is 1070 g/mol. The molecule has 0 radical (unpaired) electrons. The third-order valence-electron chi connectivity index (χ3n) is 12.0. The van der Waals surface area contributed by atoms with Crippen molar-refractivity contribution in [3.63, 3.8) is 0 Å². The maximum Gasteiger partial charge on any atom is 0.223 e.